The second kappa shape index (κ2) is 4.04. The molecule has 2 rings (SSSR count). The lowest BCUT2D eigenvalue weighted by Gasteiger charge is -2.04. The fourth-order valence-electron chi connectivity index (χ4n) is 1.45. The van der Waals surface area contributed by atoms with Gasteiger partial charge in [0.1, 0.15) is 0 Å². The molecule has 0 aliphatic heterocycles. The first kappa shape index (κ1) is 11.4. The fourth-order valence-corrected chi connectivity index (χ4v) is 1.45. The first-order chi connectivity index (χ1) is 8.00. The van der Waals surface area contributed by atoms with E-state index in [2.05, 4.69) is 9.97 Å². The van der Waals surface area contributed by atoms with Crippen LogP contribution in [0.15, 0.2) is 23.3 Å². The standard InChI is InChI=1S/C11H7F3N2O/c1-5-10(15-4-16-11(5)17)6-2-7(12)9(14)8(13)3-6/h2-4H,1H3,(H,15,16,17). The molecule has 1 N–H and O–H groups in total. The Kier molecular flexibility index (Phi) is 2.71. The Bertz CT molecular complexity index is 614. The molecule has 0 atom stereocenters. The van der Waals surface area contributed by atoms with E-state index in [9.17, 15) is 18.0 Å². The van der Waals surface area contributed by atoms with Crippen LogP contribution in [0.2, 0.25) is 0 Å². The predicted octanol–water partition coefficient (Wildman–Crippen LogP) is 2.16. The largest absolute Gasteiger partial charge is 0.313 e. The first-order valence-electron chi connectivity index (χ1n) is 4.70. The molecule has 2 aromatic rings. The van der Waals surface area contributed by atoms with Gasteiger partial charge in [0.25, 0.3) is 5.56 Å². The number of halogens is 3. The quantitative estimate of drug-likeness (QED) is 0.776. The SMILES string of the molecule is Cc1c(-c2cc(F)c(F)c(F)c2)nc[nH]c1=O. The molecular formula is C11H7F3N2O. The number of benzene rings is 1. The highest BCUT2D eigenvalue weighted by Crippen LogP contribution is 2.22. The summed E-state index contributed by atoms with van der Waals surface area (Å²) >= 11 is 0. The second-order valence-corrected chi connectivity index (χ2v) is 3.46. The van der Waals surface area contributed by atoms with Gasteiger partial charge in [-0.1, -0.05) is 0 Å². The van der Waals surface area contributed by atoms with Gasteiger partial charge in [0, 0.05) is 11.1 Å². The van der Waals surface area contributed by atoms with Crippen LogP contribution in [0.25, 0.3) is 11.3 Å². The van der Waals surface area contributed by atoms with Crippen molar-refractivity contribution in [3.8, 4) is 11.3 Å². The number of hydrogen-bond donors (Lipinski definition) is 1. The first-order valence-corrected chi connectivity index (χ1v) is 4.70. The van der Waals surface area contributed by atoms with Crippen molar-refractivity contribution in [3.63, 3.8) is 0 Å². The van der Waals surface area contributed by atoms with Crippen molar-refractivity contribution in [3.05, 3.63) is 51.8 Å². The van der Waals surface area contributed by atoms with Gasteiger partial charge >= 0.3 is 0 Å². The van der Waals surface area contributed by atoms with Gasteiger partial charge in [-0.15, -0.1) is 0 Å². The van der Waals surface area contributed by atoms with Crippen LogP contribution in [-0.2, 0) is 0 Å². The van der Waals surface area contributed by atoms with E-state index >= 15 is 0 Å². The fraction of sp³-hybridized carbons (Fsp3) is 0.0909. The van der Waals surface area contributed by atoms with Crippen LogP contribution in [0.4, 0.5) is 13.2 Å². The maximum Gasteiger partial charge on any atom is 0.254 e. The van der Waals surface area contributed by atoms with Crippen molar-refractivity contribution >= 4 is 0 Å². The third-order valence-electron chi connectivity index (χ3n) is 2.34. The van der Waals surface area contributed by atoms with Gasteiger partial charge in [0.2, 0.25) is 0 Å². The molecular weight excluding hydrogens is 233 g/mol. The van der Waals surface area contributed by atoms with Crippen LogP contribution in [0, 0.1) is 24.4 Å². The normalized spacial score (nSPS) is 10.6. The molecule has 0 bridgehead atoms. The second-order valence-electron chi connectivity index (χ2n) is 3.46. The van der Waals surface area contributed by atoms with Crippen LogP contribution in [-0.4, -0.2) is 9.97 Å². The van der Waals surface area contributed by atoms with Gasteiger partial charge in [-0.05, 0) is 19.1 Å². The van der Waals surface area contributed by atoms with E-state index < -0.39 is 23.0 Å². The third-order valence-corrected chi connectivity index (χ3v) is 2.34. The zero-order valence-corrected chi connectivity index (χ0v) is 8.72. The van der Waals surface area contributed by atoms with Gasteiger partial charge in [0.15, 0.2) is 17.5 Å². The number of nitrogens with one attached hydrogen (secondary N) is 1. The van der Waals surface area contributed by atoms with Gasteiger partial charge in [-0.2, -0.15) is 0 Å². The molecule has 1 heterocycles. The molecule has 88 valence electrons. The Morgan fingerprint density at radius 1 is 1.18 bits per heavy atom. The highest BCUT2D eigenvalue weighted by Gasteiger charge is 2.14. The van der Waals surface area contributed by atoms with Crippen LogP contribution in [0.5, 0.6) is 0 Å². The number of aromatic nitrogens is 2. The molecule has 6 heteroatoms. The van der Waals surface area contributed by atoms with Crippen molar-refractivity contribution in [2.75, 3.05) is 0 Å². The number of hydrogen-bond acceptors (Lipinski definition) is 2. The Morgan fingerprint density at radius 2 is 1.76 bits per heavy atom. The summed E-state index contributed by atoms with van der Waals surface area (Å²) in [5.41, 5.74) is -0.0744. The minimum absolute atomic E-state index is 0.0185. The zero-order chi connectivity index (χ0) is 12.6. The summed E-state index contributed by atoms with van der Waals surface area (Å²) < 4.78 is 38.8. The van der Waals surface area contributed by atoms with Crippen molar-refractivity contribution in [1.29, 1.82) is 0 Å². The van der Waals surface area contributed by atoms with Gasteiger partial charge in [0.05, 0.1) is 12.0 Å². The molecule has 0 aliphatic carbocycles. The minimum Gasteiger partial charge on any atom is -0.313 e. The monoisotopic (exact) mass is 240 g/mol. The molecule has 3 nitrogen and oxygen atoms in total. The van der Waals surface area contributed by atoms with Crippen molar-refractivity contribution in [1.82, 2.24) is 9.97 Å². The Morgan fingerprint density at radius 3 is 2.35 bits per heavy atom. The number of rotatable bonds is 1. The minimum atomic E-state index is -1.55. The van der Waals surface area contributed by atoms with Crippen LogP contribution >= 0.6 is 0 Å². The lowest BCUT2D eigenvalue weighted by Crippen LogP contribution is -2.11. The Hall–Kier alpha value is -2.11. The summed E-state index contributed by atoms with van der Waals surface area (Å²) in [6.45, 7) is 1.46. The number of H-pyrrole nitrogens is 1. The zero-order valence-electron chi connectivity index (χ0n) is 8.72. The average molecular weight is 240 g/mol. The number of nitrogens with zero attached hydrogens (tertiary/aromatic N) is 1. The third kappa shape index (κ3) is 1.93. The number of aromatic amines is 1. The van der Waals surface area contributed by atoms with E-state index in [-0.39, 0.29) is 16.8 Å². The lowest BCUT2D eigenvalue weighted by atomic mass is 10.1. The summed E-state index contributed by atoms with van der Waals surface area (Å²) in [6, 6.07) is 1.60. The molecule has 17 heavy (non-hydrogen) atoms. The lowest BCUT2D eigenvalue weighted by molar-refractivity contribution is 0.447. The maximum absolute atomic E-state index is 13.0. The van der Waals surface area contributed by atoms with Gasteiger partial charge in [-0.25, -0.2) is 18.2 Å². The van der Waals surface area contributed by atoms with E-state index in [1.54, 1.807) is 0 Å². The smallest absolute Gasteiger partial charge is 0.254 e. The topological polar surface area (TPSA) is 45.8 Å². The van der Waals surface area contributed by atoms with E-state index in [0.29, 0.717) is 0 Å². The molecule has 0 saturated carbocycles. The predicted molar refractivity (Wildman–Crippen MR) is 54.9 cm³/mol. The summed E-state index contributed by atoms with van der Waals surface area (Å²) in [7, 11) is 0. The van der Waals surface area contributed by atoms with Gasteiger partial charge < -0.3 is 4.98 Å². The molecule has 0 saturated heterocycles. The Labute approximate surface area is 94.0 Å². The van der Waals surface area contributed by atoms with Crippen LogP contribution in [0.1, 0.15) is 5.56 Å². The Balaban J connectivity index is 2.69. The molecule has 1 aromatic heterocycles. The molecule has 0 fully saturated rings. The van der Waals surface area contributed by atoms with E-state index in [4.69, 9.17) is 0 Å². The van der Waals surface area contributed by atoms with Gasteiger partial charge in [-0.3, -0.25) is 4.79 Å². The highest BCUT2D eigenvalue weighted by molar-refractivity contribution is 5.62. The maximum atomic E-state index is 13.0. The summed E-state index contributed by atoms with van der Waals surface area (Å²) in [6.07, 6.45) is 1.11. The molecule has 1 aromatic carbocycles. The summed E-state index contributed by atoms with van der Waals surface area (Å²) in [4.78, 5) is 17.4. The highest BCUT2D eigenvalue weighted by atomic mass is 19.2. The molecule has 0 aliphatic rings. The van der Waals surface area contributed by atoms with Crippen molar-refractivity contribution < 1.29 is 13.2 Å². The van der Waals surface area contributed by atoms with Crippen LogP contribution < -0.4 is 5.56 Å². The molecule has 0 amide bonds. The van der Waals surface area contributed by atoms with E-state index in [1.165, 1.54) is 6.92 Å². The molecule has 0 unspecified atom stereocenters. The molecule has 0 radical (unpaired) electrons. The molecule has 0 spiro atoms. The van der Waals surface area contributed by atoms with Crippen molar-refractivity contribution in [2.24, 2.45) is 0 Å². The van der Waals surface area contributed by atoms with Crippen LogP contribution in [0.3, 0.4) is 0 Å². The summed E-state index contributed by atoms with van der Waals surface area (Å²) in [5, 5.41) is 0. The summed E-state index contributed by atoms with van der Waals surface area (Å²) in [5.74, 6) is -4.18. The average Bonchev–Trinajstić information content (AvgIpc) is 2.29. The van der Waals surface area contributed by atoms with Crippen molar-refractivity contribution in [2.45, 2.75) is 6.92 Å². The van der Waals surface area contributed by atoms with E-state index in [1.807, 2.05) is 0 Å². The van der Waals surface area contributed by atoms with E-state index in [0.717, 1.165) is 18.5 Å².